The third-order valence-corrected chi connectivity index (χ3v) is 4.38. The Morgan fingerprint density at radius 2 is 1.96 bits per heavy atom. The third kappa shape index (κ3) is 7.69. The van der Waals surface area contributed by atoms with Gasteiger partial charge in [0.15, 0.2) is 5.96 Å². The predicted molar refractivity (Wildman–Crippen MR) is 112 cm³/mol. The lowest BCUT2D eigenvalue weighted by atomic mass is 10.3. The molecule has 0 unspecified atom stereocenters. The van der Waals surface area contributed by atoms with E-state index in [1.54, 1.807) is 19.0 Å². The molecule has 9 heteroatoms. The number of likely N-dealkylation sites (N-methyl/N-ethyl adjacent to an activating group) is 1. The Balaban J connectivity index is 1.94. The Kier molecular flexibility index (Phi) is 8.96. The van der Waals surface area contributed by atoms with Gasteiger partial charge in [0.25, 0.3) is 0 Å². The Morgan fingerprint density at radius 3 is 2.64 bits per heavy atom. The van der Waals surface area contributed by atoms with Crippen LogP contribution in [0.3, 0.4) is 0 Å². The van der Waals surface area contributed by atoms with Gasteiger partial charge in [-0.05, 0) is 12.1 Å². The summed E-state index contributed by atoms with van der Waals surface area (Å²) in [6, 6.07) is 5.89. The molecule has 0 bridgehead atoms. The fourth-order valence-corrected chi connectivity index (χ4v) is 2.61. The van der Waals surface area contributed by atoms with E-state index in [1.165, 1.54) is 0 Å². The lowest BCUT2D eigenvalue weighted by molar-refractivity contribution is -0.127. The van der Waals surface area contributed by atoms with Crippen LogP contribution in [0.1, 0.15) is 5.69 Å². The summed E-state index contributed by atoms with van der Waals surface area (Å²) >= 11 is 0. The first-order chi connectivity index (χ1) is 13.5. The van der Waals surface area contributed by atoms with Gasteiger partial charge in [-0.15, -0.1) is 0 Å². The highest BCUT2D eigenvalue weighted by Gasteiger charge is 2.11. The molecule has 0 radical (unpaired) electrons. The van der Waals surface area contributed by atoms with Crippen molar-refractivity contribution in [1.82, 2.24) is 25.4 Å². The molecular weight excluding hydrogens is 358 g/mol. The van der Waals surface area contributed by atoms with Gasteiger partial charge in [-0.1, -0.05) is 6.07 Å². The molecule has 1 aliphatic heterocycles. The number of morpholine rings is 1. The molecule has 1 aromatic rings. The number of ether oxygens (including phenoxy) is 1. The van der Waals surface area contributed by atoms with Gasteiger partial charge in [-0.3, -0.25) is 9.69 Å². The molecule has 0 aromatic carbocycles. The molecule has 156 valence electrons. The molecule has 0 atom stereocenters. The molecular formula is C19H33N7O2. The van der Waals surface area contributed by atoms with E-state index in [0.29, 0.717) is 12.5 Å². The van der Waals surface area contributed by atoms with Crippen molar-refractivity contribution in [2.24, 2.45) is 4.99 Å². The van der Waals surface area contributed by atoms with Crippen molar-refractivity contribution in [2.45, 2.75) is 6.54 Å². The zero-order valence-electron chi connectivity index (χ0n) is 17.4. The lowest BCUT2D eigenvalue weighted by Crippen LogP contribution is -2.46. The van der Waals surface area contributed by atoms with Crippen LogP contribution in [0.4, 0.5) is 5.82 Å². The average Bonchev–Trinajstić information content (AvgIpc) is 2.70. The zero-order valence-corrected chi connectivity index (χ0v) is 17.4. The number of rotatable bonds is 8. The number of anilines is 1. The van der Waals surface area contributed by atoms with Gasteiger partial charge in [0.2, 0.25) is 5.91 Å². The van der Waals surface area contributed by atoms with Crippen LogP contribution in [0.2, 0.25) is 0 Å². The van der Waals surface area contributed by atoms with Gasteiger partial charge in [0.1, 0.15) is 5.82 Å². The molecule has 1 aromatic heterocycles. The maximum Gasteiger partial charge on any atom is 0.241 e. The second-order valence-corrected chi connectivity index (χ2v) is 7.07. The van der Waals surface area contributed by atoms with Crippen LogP contribution in [0.15, 0.2) is 23.2 Å². The number of pyridine rings is 1. The highest BCUT2D eigenvalue weighted by Crippen LogP contribution is 2.08. The molecule has 2 rings (SSSR count). The molecule has 0 saturated carbocycles. The SMILES string of the molecule is CN(C)C(=O)CNC(=NCc1cccc(N(C)C)n1)NCCN1CCOCC1. The summed E-state index contributed by atoms with van der Waals surface area (Å²) in [6.45, 7) is 5.73. The first-order valence-electron chi connectivity index (χ1n) is 9.61. The first-order valence-corrected chi connectivity index (χ1v) is 9.61. The van der Waals surface area contributed by atoms with Crippen molar-refractivity contribution in [2.75, 3.05) is 79.0 Å². The van der Waals surface area contributed by atoms with Crippen LogP contribution in [0.25, 0.3) is 0 Å². The minimum absolute atomic E-state index is 0.00425. The predicted octanol–water partition coefficient (Wildman–Crippen LogP) is -0.397. The van der Waals surface area contributed by atoms with E-state index in [-0.39, 0.29) is 12.5 Å². The molecule has 0 spiro atoms. The smallest absolute Gasteiger partial charge is 0.241 e. The van der Waals surface area contributed by atoms with Gasteiger partial charge in [-0.2, -0.15) is 0 Å². The van der Waals surface area contributed by atoms with Crippen LogP contribution in [-0.4, -0.2) is 101 Å². The van der Waals surface area contributed by atoms with Crippen LogP contribution < -0.4 is 15.5 Å². The Hall–Kier alpha value is -2.39. The topological polar surface area (TPSA) is 85.3 Å². The number of guanidine groups is 1. The Morgan fingerprint density at radius 1 is 1.21 bits per heavy atom. The van der Waals surface area contributed by atoms with Crippen molar-refractivity contribution in [1.29, 1.82) is 0 Å². The maximum atomic E-state index is 11.9. The zero-order chi connectivity index (χ0) is 20.4. The number of amides is 1. The molecule has 0 aliphatic carbocycles. The second-order valence-electron chi connectivity index (χ2n) is 7.07. The fourth-order valence-electron chi connectivity index (χ4n) is 2.61. The summed E-state index contributed by atoms with van der Waals surface area (Å²) < 4.78 is 5.38. The van der Waals surface area contributed by atoms with Crippen LogP contribution in [0, 0.1) is 0 Å². The maximum absolute atomic E-state index is 11.9. The van der Waals surface area contributed by atoms with E-state index in [0.717, 1.165) is 50.9 Å². The molecule has 1 aliphatic rings. The quantitative estimate of drug-likeness (QED) is 0.461. The number of nitrogens with one attached hydrogen (secondary N) is 2. The monoisotopic (exact) mass is 391 g/mol. The molecule has 1 saturated heterocycles. The minimum atomic E-state index is -0.00425. The van der Waals surface area contributed by atoms with Gasteiger partial charge in [-0.25, -0.2) is 9.98 Å². The van der Waals surface area contributed by atoms with Crippen molar-refractivity contribution in [3.63, 3.8) is 0 Å². The number of nitrogens with zero attached hydrogens (tertiary/aromatic N) is 5. The van der Waals surface area contributed by atoms with E-state index in [4.69, 9.17) is 4.74 Å². The molecule has 2 N–H and O–H groups in total. The molecule has 28 heavy (non-hydrogen) atoms. The summed E-state index contributed by atoms with van der Waals surface area (Å²) in [4.78, 5) is 27.0. The summed E-state index contributed by atoms with van der Waals surface area (Å²) in [5, 5.41) is 6.43. The highest BCUT2D eigenvalue weighted by atomic mass is 16.5. The third-order valence-electron chi connectivity index (χ3n) is 4.38. The van der Waals surface area contributed by atoms with Crippen molar-refractivity contribution >= 4 is 17.7 Å². The van der Waals surface area contributed by atoms with E-state index >= 15 is 0 Å². The number of aliphatic imine (C=N–C) groups is 1. The largest absolute Gasteiger partial charge is 0.379 e. The van der Waals surface area contributed by atoms with Crippen molar-refractivity contribution < 1.29 is 9.53 Å². The Labute approximate surface area is 167 Å². The summed E-state index contributed by atoms with van der Waals surface area (Å²) in [5.74, 6) is 1.50. The number of aromatic nitrogens is 1. The molecule has 1 amide bonds. The minimum Gasteiger partial charge on any atom is -0.379 e. The lowest BCUT2D eigenvalue weighted by Gasteiger charge is -2.26. The first kappa shape index (κ1) is 21.9. The number of carbonyl (C=O) groups excluding carboxylic acids is 1. The van der Waals surface area contributed by atoms with Crippen molar-refractivity contribution in [3.05, 3.63) is 23.9 Å². The molecule has 2 heterocycles. The summed E-state index contributed by atoms with van der Waals surface area (Å²) in [5.41, 5.74) is 0.874. The standard InChI is InChI=1S/C19H33N7O2/c1-24(2)17-7-5-6-16(23-17)14-21-19(22-15-18(27)25(3)4)20-8-9-26-10-12-28-13-11-26/h5-7H,8-15H2,1-4H3,(H2,20,21,22). The molecule has 1 fully saturated rings. The van der Waals surface area contributed by atoms with Gasteiger partial charge in [0, 0.05) is 54.4 Å². The van der Waals surface area contributed by atoms with Gasteiger partial charge < -0.3 is 25.2 Å². The molecule has 9 nitrogen and oxygen atoms in total. The number of carbonyl (C=O) groups is 1. The fraction of sp³-hybridized carbons (Fsp3) is 0.632. The number of hydrogen-bond donors (Lipinski definition) is 2. The van der Waals surface area contributed by atoms with Crippen LogP contribution in [-0.2, 0) is 16.1 Å². The highest BCUT2D eigenvalue weighted by molar-refractivity contribution is 5.86. The van der Waals surface area contributed by atoms with Crippen LogP contribution >= 0.6 is 0 Å². The van der Waals surface area contributed by atoms with Gasteiger partial charge >= 0.3 is 0 Å². The van der Waals surface area contributed by atoms with Crippen LogP contribution in [0.5, 0.6) is 0 Å². The van der Waals surface area contributed by atoms with E-state index in [2.05, 4.69) is 25.5 Å². The normalized spacial score (nSPS) is 15.2. The van der Waals surface area contributed by atoms with Gasteiger partial charge in [0.05, 0.1) is 32.0 Å². The summed E-state index contributed by atoms with van der Waals surface area (Å²) in [6.07, 6.45) is 0. The van der Waals surface area contributed by atoms with E-state index in [9.17, 15) is 4.79 Å². The second kappa shape index (κ2) is 11.5. The number of hydrogen-bond acceptors (Lipinski definition) is 6. The van der Waals surface area contributed by atoms with E-state index in [1.807, 2.05) is 37.2 Å². The van der Waals surface area contributed by atoms with Crippen molar-refractivity contribution in [3.8, 4) is 0 Å². The summed E-state index contributed by atoms with van der Waals surface area (Å²) in [7, 11) is 7.40. The van der Waals surface area contributed by atoms with E-state index < -0.39 is 0 Å². The average molecular weight is 392 g/mol. The Bertz CT molecular complexity index is 643.